The van der Waals surface area contributed by atoms with Crippen molar-refractivity contribution in [2.24, 2.45) is 0 Å². The van der Waals surface area contributed by atoms with Crippen LogP contribution in [0.1, 0.15) is 78.1 Å². The second-order valence-electron chi connectivity index (χ2n) is 13.9. The minimum Gasteiger partial charge on any atom is -0.508 e. The molecule has 59 heavy (non-hydrogen) atoms. The number of hydrogen-bond donors (Lipinski definition) is 1. The van der Waals surface area contributed by atoms with Crippen molar-refractivity contribution in [2.45, 2.75) is 78.1 Å². The molecule has 0 saturated heterocycles. The third kappa shape index (κ3) is 14.8. The zero-order chi connectivity index (χ0) is 42.2. The molecule has 304 valence electrons. The average Bonchev–Trinajstić information content (AvgIpc) is 3.28. The van der Waals surface area contributed by atoms with Gasteiger partial charge in [-0.25, -0.2) is 18.5 Å². The van der Waals surface area contributed by atoms with Crippen LogP contribution in [0.2, 0.25) is 0 Å². The van der Waals surface area contributed by atoms with Gasteiger partial charge >= 0.3 is 0 Å². The number of hydrogen-bond acceptors (Lipinski definition) is 2. The van der Waals surface area contributed by atoms with E-state index < -0.39 is 0 Å². The van der Waals surface area contributed by atoms with Gasteiger partial charge < -0.3 is 9.84 Å². The quantitative estimate of drug-likeness (QED) is 0.0564. The zero-order valence-corrected chi connectivity index (χ0v) is 35.7. The molecule has 0 bridgehead atoms. The van der Waals surface area contributed by atoms with E-state index in [0.717, 1.165) is 57.5 Å². The fourth-order valence-electron chi connectivity index (χ4n) is 6.49. The molecule has 0 amide bonds. The summed E-state index contributed by atoms with van der Waals surface area (Å²) < 4.78 is 35.1. The lowest BCUT2D eigenvalue weighted by molar-refractivity contribution is 0.304. The summed E-state index contributed by atoms with van der Waals surface area (Å²) in [5.74, 6) is 0.448. The molecule has 6 rings (SSSR count). The first-order valence-electron chi connectivity index (χ1n) is 20.5. The highest BCUT2D eigenvalue weighted by atomic mass is 79.9. The number of nitrogens with zero attached hydrogens (tertiary/aromatic N) is 2. The van der Waals surface area contributed by atoms with Gasteiger partial charge in [0, 0.05) is 16.5 Å². The molecule has 0 saturated carbocycles. The molecule has 7 heteroatoms. The lowest BCUT2D eigenvalue weighted by atomic mass is 9.99. The van der Waals surface area contributed by atoms with Gasteiger partial charge in [-0.3, -0.25) is 0 Å². The van der Waals surface area contributed by atoms with Crippen molar-refractivity contribution in [1.29, 1.82) is 0 Å². The van der Waals surface area contributed by atoms with Crippen molar-refractivity contribution in [3.63, 3.8) is 0 Å². The van der Waals surface area contributed by atoms with E-state index in [1.54, 1.807) is 91.0 Å². The molecule has 0 heterocycles. The van der Waals surface area contributed by atoms with E-state index in [1.165, 1.54) is 63.9 Å². The highest BCUT2D eigenvalue weighted by Crippen LogP contribution is 2.32. The molecule has 0 unspecified atom stereocenters. The molecule has 6 aromatic rings. The second kappa shape index (κ2) is 25.6. The van der Waals surface area contributed by atoms with Crippen LogP contribution in [0, 0.1) is 24.8 Å². The third-order valence-corrected chi connectivity index (χ3v) is 10.3. The Kier molecular flexibility index (Phi) is 19.9. The molecular formula is C52H53BrF2N2O2. The first kappa shape index (κ1) is 45.9. The Hall–Kier alpha value is -5.76. The molecular weight excluding hydrogens is 802 g/mol. The van der Waals surface area contributed by atoms with E-state index in [4.69, 9.17) is 17.9 Å². The number of alkyl halides is 1. The summed E-state index contributed by atoms with van der Waals surface area (Å²) in [5, 5.41) is 10.4. The second-order valence-corrected chi connectivity index (χ2v) is 14.6. The zero-order valence-electron chi connectivity index (χ0n) is 34.1. The minimum atomic E-state index is -0.318. The van der Waals surface area contributed by atoms with Crippen LogP contribution >= 0.6 is 15.9 Å². The lowest BCUT2D eigenvalue weighted by Crippen LogP contribution is -1.97. The number of ether oxygens (including phenoxy) is 1. The topological polar surface area (TPSA) is 38.2 Å². The van der Waals surface area contributed by atoms with E-state index in [-0.39, 0.29) is 17.4 Å². The molecule has 4 nitrogen and oxygen atoms in total. The summed E-state index contributed by atoms with van der Waals surface area (Å²) in [6, 6.07) is 38.7. The third-order valence-electron chi connectivity index (χ3n) is 9.74. The molecule has 0 atom stereocenters. The fraction of sp³-hybridized carbons (Fsp3) is 0.269. The normalized spacial score (nSPS) is 10.3. The number of phenols is 1. The van der Waals surface area contributed by atoms with Crippen molar-refractivity contribution >= 4 is 27.3 Å². The van der Waals surface area contributed by atoms with Crippen LogP contribution in [-0.4, -0.2) is 17.0 Å². The van der Waals surface area contributed by atoms with Crippen LogP contribution < -0.4 is 4.74 Å². The van der Waals surface area contributed by atoms with Crippen molar-refractivity contribution in [3.8, 4) is 56.0 Å². The Morgan fingerprint density at radius 1 is 0.475 bits per heavy atom. The molecule has 0 aromatic heterocycles. The van der Waals surface area contributed by atoms with Crippen LogP contribution in [0.4, 0.5) is 20.2 Å². The van der Waals surface area contributed by atoms with Crippen LogP contribution in [0.5, 0.6) is 11.5 Å². The number of benzene rings is 6. The van der Waals surface area contributed by atoms with Gasteiger partial charge in [-0.15, -0.1) is 0 Å². The van der Waals surface area contributed by atoms with Crippen LogP contribution in [0.25, 0.3) is 54.2 Å². The largest absolute Gasteiger partial charge is 0.508 e. The highest BCUT2D eigenvalue weighted by Gasteiger charge is 2.10. The molecule has 0 aliphatic carbocycles. The summed E-state index contributed by atoms with van der Waals surface area (Å²) in [6.07, 6.45) is 13.0. The SMILES string of the molecule is CC.[C-]#[N+]c1ccc(-c2ccc(-c3ccc(O)cc3)cc2F)cc1.[C-]#[N+]c1ccc(-c2ccc(-c3ccc(OCCCCCCCCCCCCBr)cc3)cc2F)cc1. The number of unbranched alkanes of at least 4 members (excludes halogenated alkanes) is 9. The van der Waals surface area contributed by atoms with Crippen LogP contribution in [0.3, 0.4) is 0 Å². The molecule has 0 spiro atoms. The smallest absolute Gasteiger partial charge is 0.187 e. The Bertz CT molecular complexity index is 2230. The van der Waals surface area contributed by atoms with Gasteiger partial charge in [0.15, 0.2) is 11.4 Å². The fourth-order valence-corrected chi connectivity index (χ4v) is 6.88. The van der Waals surface area contributed by atoms with E-state index >= 15 is 0 Å². The summed E-state index contributed by atoms with van der Waals surface area (Å²) in [4.78, 5) is 6.71. The van der Waals surface area contributed by atoms with Gasteiger partial charge in [-0.05, 0) is 82.6 Å². The van der Waals surface area contributed by atoms with Gasteiger partial charge in [0.05, 0.1) is 19.8 Å². The maximum Gasteiger partial charge on any atom is 0.187 e. The van der Waals surface area contributed by atoms with Crippen molar-refractivity contribution in [3.05, 3.63) is 168 Å². The molecule has 0 aliphatic heterocycles. The average molecular weight is 856 g/mol. The Balaban J connectivity index is 0.000000274. The summed E-state index contributed by atoms with van der Waals surface area (Å²) in [7, 11) is 0. The number of aromatic hydroxyl groups is 1. The van der Waals surface area contributed by atoms with Crippen LogP contribution in [-0.2, 0) is 0 Å². The van der Waals surface area contributed by atoms with Crippen molar-refractivity contribution < 1.29 is 18.6 Å². The summed E-state index contributed by atoms with van der Waals surface area (Å²) in [5.41, 5.74) is 7.01. The number of rotatable bonds is 17. The monoisotopic (exact) mass is 854 g/mol. The van der Waals surface area contributed by atoms with E-state index in [1.807, 2.05) is 50.2 Å². The standard InChI is InChI=1S/C31H35BrFNO.C19H12FNO.C2H6/c1-34-28-17-12-26(13-18-28)30-21-16-27(24-31(30)33)25-14-19-29(20-15-25)35-23-11-9-7-5-3-2-4-6-8-10-22-32;1-21-16-7-2-14(3-8-16)18-11-6-15(12-19(18)20)13-4-9-17(22)10-5-13;1-2/h12-21,24H,2-11,22-23H2;2-12,22H;1-2H3. The minimum absolute atomic E-state index is 0.181. The first-order chi connectivity index (χ1) is 28.9. The predicted octanol–water partition coefficient (Wildman–Crippen LogP) is 16.8. The molecule has 6 aromatic carbocycles. The Labute approximate surface area is 358 Å². The first-order valence-corrected chi connectivity index (χ1v) is 21.6. The van der Waals surface area contributed by atoms with Gasteiger partial charge in [-0.2, -0.15) is 0 Å². The van der Waals surface area contributed by atoms with Gasteiger partial charge in [0.2, 0.25) is 0 Å². The van der Waals surface area contributed by atoms with E-state index in [9.17, 15) is 13.9 Å². The number of halogens is 3. The molecule has 0 aliphatic rings. The van der Waals surface area contributed by atoms with E-state index in [0.29, 0.717) is 22.5 Å². The lowest BCUT2D eigenvalue weighted by Gasteiger charge is -2.09. The Morgan fingerprint density at radius 3 is 1.22 bits per heavy atom. The van der Waals surface area contributed by atoms with Crippen molar-refractivity contribution in [2.75, 3.05) is 11.9 Å². The molecule has 0 radical (unpaired) electrons. The van der Waals surface area contributed by atoms with Crippen LogP contribution in [0.15, 0.2) is 133 Å². The summed E-state index contributed by atoms with van der Waals surface area (Å²) in [6.45, 7) is 18.7. The van der Waals surface area contributed by atoms with Gasteiger partial charge in [-0.1, -0.05) is 178 Å². The Morgan fingerprint density at radius 2 is 0.831 bits per heavy atom. The highest BCUT2D eigenvalue weighted by molar-refractivity contribution is 9.09. The van der Waals surface area contributed by atoms with E-state index in [2.05, 4.69) is 25.6 Å². The van der Waals surface area contributed by atoms with Gasteiger partial charge in [0.1, 0.15) is 23.1 Å². The maximum atomic E-state index is 14.8. The summed E-state index contributed by atoms with van der Waals surface area (Å²) >= 11 is 3.49. The molecule has 1 N–H and O–H groups in total. The maximum absolute atomic E-state index is 14.8. The number of phenolic OH excluding ortho intramolecular Hbond substituents is 1. The predicted molar refractivity (Wildman–Crippen MR) is 246 cm³/mol. The van der Waals surface area contributed by atoms with Gasteiger partial charge in [0.25, 0.3) is 0 Å². The molecule has 0 fully saturated rings. The van der Waals surface area contributed by atoms with Crippen molar-refractivity contribution in [1.82, 2.24) is 0 Å².